The van der Waals surface area contributed by atoms with Crippen molar-refractivity contribution < 1.29 is 9.90 Å². The number of carbonyl (C=O) groups excluding carboxylic acids is 1. The van der Waals surface area contributed by atoms with Gasteiger partial charge in [-0.3, -0.25) is 4.79 Å². The lowest BCUT2D eigenvalue weighted by Crippen LogP contribution is -2.18. The van der Waals surface area contributed by atoms with Gasteiger partial charge in [0.1, 0.15) is 5.75 Å². The molecule has 0 aliphatic rings. The molecule has 2 aromatic carbocycles. The molecule has 0 fully saturated rings. The third-order valence-corrected chi connectivity index (χ3v) is 3.37. The zero-order valence-electron chi connectivity index (χ0n) is 10.6. The molecule has 0 bridgehead atoms. The normalized spacial score (nSPS) is 11.2. The van der Waals surface area contributed by atoms with Crippen LogP contribution in [0.5, 0.6) is 5.75 Å². The number of rotatable bonds is 3. The first-order valence-electron chi connectivity index (χ1n) is 5.90. The van der Waals surface area contributed by atoms with Crippen LogP contribution >= 0.6 is 0 Å². The number of aldehydes is 1. The highest BCUT2D eigenvalue weighted by atomic mass is 16.3. The average molecular weight is 240 g/mol. The van der Waals surface area contributed by atoms with Crippen molar-refractivity contribution in [2.24, 2.45) is 0 Å². The Morgan fingerprint density at radius 3 is 2.28 bits per heavy atom. The summed E-state index contributed by atoms with van der Waals surface area (Å²) in [5, 5.41) is 9.54. The van der Waals surface area contributed by atoms with E-state index in [9.17, 15) is 9.90 Å². The van der Waals surface area contributed by atoms with Crippen LogP contribution in [0.15, 0.2) is 48.5 Å². The Balaban J connectivity index is 2.51. The standard InChI is InChI=1S/C16H16O2/c1-16(2,13-6-4-3-5-7-13)14-8-9-15(18)12(10-14)11-17/h3-11,18H,1-2H3. The highest BCUT2D eigenvalue weighted by Gasteiger charge is 2.23. The lowest BCUT2D eigenvalue weighted by Gasteiger charge is -2.26. The van der Waals surface area contributed by atoms with Crippen LogP contribution in [0.25, 0.3) is 0 Å². The molecular formula is C16H16O2. The van der Waals surface area contributed by atoms with Gasteiger partial charge in [0.25, 0.3) is 0 Å². The third kappa shape index (κ3) is 2.14. The fraction of sp³-hybridized carbons (Fsp3) is 0.188. The van der Waals surface area contributed by atoms with Crippen molar-refractivity contribution in [1.82, 2.24) is 0 Å². The van der Waals surface area contributed by atoms with E-state index in [2.05, 4.69) is 26.0 Å². The van der Waals surface area contributed by atoms with Gasteiger partial charge in [0.2, 0.25) is 0 Å². The van der Waals surface area contributed by atoms with Crippen molar-refractivity contribution in [2.75, 3.05) is 0 Å². The molecule has 0 radical (unpaired) electrons. The number of hydrogen-bond acceptors (Lipinski definition) is 2. The molecule has 0 saturated heterocycles. The lowest BCUT2D eigenvalue weighted by molar-refractivity contribution is 0.112. The summed E-state index contributed by atoms with van der Waals surface area (Å²) < 4.78 is 0. The number of hydrogen-bond donors (Lipinski definition) is 1. The lowest BCUT2D eigenvalue weighted by atomic mass is 9.78. The van der Waals surface area contributed by atoms with Crippen molar-refractivity contribution in [1.29, 1.82) is 0 Å². The van der Waals surface area contributed by atoms with Gasteiger partial charge >= 0.3 is 0 Å². The average Bonchev–Trinajstić information content (AvgIpc) is 2.40. The molecule has 2 heteroatoms. The fourth-order valence-electron chi connectivity index (χ4n) is 2.06. The number of aromatic hydroxyl groups is 1. The number of phenolic OH excluding ortho intramolecular Hbond substituents is 1. The van der Waals surface area contributed by atoms with Crippen LogP contribution in [-0.2, 0) is 5.41 Å². The smallest absolute Gasteiger partial charge is 0.153 e. The molecule has 0 aliphatic carbocycles. The molecule has 0 unspecified atom stereocenters. The largest absolute Gasteiger partial charge is 0.507 e. The highest BCUT2D eigenvalue weighted by molar-refractivity contribution is 5.79. The summed E-state index contributed by atoms with van der Waals surface area (Å²) in [5.74, 6) is 0.0256. The second-order valence-corrected chi connectivity index (χ2v) is 4.88. The third-order valence-electron chi connectivity index (χ3n) is 3.37. The number of carbonyl (C=O) groups is 1. The van der Waals surface area contributed by atoms with Gasteiger partial charge in [0.15, 0.2) is 6.29 Å². The SMILES string of the molecule is CC(C)(c1ccccc1)c1ccc(O)c(C=O)c1. The van der Waals surface area contributed by atoms with Gasteiger partial charge in [0.05, 0.1) is 5.56 Å². The van der Waals surface area contributed by atoms with Gasteiger partial charge in [-0.2, -0.15) is 0 Å². The second kappa shape index (κ2) is 4.65. The maximum atomic E-state index is 10.9. The van der Waals surface area contributed by atoms with E-state index < -0.39 is 0 Å². The highest BCUT2D eigenvalue weighted by Crippen LogP contribution is 2.33. The van der Waals surface area contributed by atoms with E-state index in [0.717, 1.165) is 5.56 Å². The monoisotopic (exact) mass is 240 g/mol. The van der Waals surface area contributed by atoms with Crippen LogP contribution in [-0.4, -0.2) is 11.4 Å². The maximum Gasteiger partial charge on any atom is 0.153 e. The molecule has 2 nitrogen and oxygen atoms in total. The van der Waals surface area contributed by atoms with Gasteiger partial charge in [-0.1, -0.05) is 50.2 Å². The molecule has 0 atom stereocenters. The summed E-state index contributed by atoms with van der Waals surface area (Å²) in [6, 6.07) is 15.3. The molecule has 0 saturated carbocycles. The number of benzene rings is 2. The van der Waals surface area contributed by atoms with Crippen LogP contribution in [0.3, 0.4) is 0 Å². The summed E-state index contributed by atoms with van der Waals surface area (Å²) in [4.78, 5) is 10.9. The van der Waals surface area contributed by atoms with E-state index >= 15 is 0 Å². The summed E-state index contributed by atoms with van der Waals surface area (Å²) in [6.07, 6.45) is 0.680. The summed E-state index contributed by atoms with van der Waals surface area (Å²) in [6.45, 7) is 4.20. The molecule has 1 N–H and O–H groups in total. The molecule has 0 spiro atoms. The zero-order chi connectivity index (χ0) is 13.2. The molecule has 2 rings (SSSR count). The number of phenols is 1. The molecule has 2 aromatic rings. The van der Waals surface area contributed by atoms with Crippen LogP contribution in [0.1, 0.15) is 35.3 Å². The molecule has 92 valence electrons. The Hall–Kier alpha value is -2.09. The first-order valence-corrected chi connectivity index (χ1v) is 5.90. The predicted molar refractivity (Wildman–Crippen MR) is 72.1 cm³/mol. The Bertz CT molecular complexity index is 557. The van der Waals surface area contributed by atoms with Gasteiger partial charge < -0.3 is 5.11 Å². The topological polar surface area (TPSA) is 37.3 Å². The van der Waals surface area contributed by atoms with Crippen molar-refractivity contribution in [3.05, 3.63) is 65.2 Å². The zero-order valence-corrected chi connectivity index (χ0v) is 10.6. The summed E-state index contributed by atoms with van der Waals surface area (Å²) in [5.41, 5.74) is 2.31. The van der Waals surface area contributed by atoms with E-state index in [-0.39, 0.29) is 11.2 Å². The second-order valence-electron chi connectivity index (χ2n) is 4.88. The Labute approximate surface area is 107 Å². The van der Waals surface area contributed by atoms with E-state index in [0.29, 0.717) is 11.8 Å². The maximum absolute atomic E-state index is 10.9. The van der Waals surface area contributed by atoms with E-state index in [1.165, 1.54) is 5.56 Å². The van der Waals surface area contributed by atoms with E-state index in [1.807, 2.05) is 24.3 Å². The van der Waals surface area contributed by atoms with Crippen LogP contribution in [0.2, 0.25) is 0 Å². The van der Waals surface area contributed by atoms with Gasteiger partial charge in [-0.25, -0.2) is 0 Å². The minimum Gasteiger partial charge on any atom is -0.507 e. The Kier molecular flexibility index (Phi) is 3.19. The molecular weight excluding hydrogens is 224 g/mol. The molecule has 0 heterocycles. The van der Waals surface area contributed by atoms with Crippen molar-refractivity contribution in [3.63, 3.8) is 0 Å². The summed E-state index contributed by atoms with van der Waals surface area (Å²) in [7, 11) is 0. The Morgan fingerprint density at radius 1 is 1.00 bits per heavy atom. The Morgan fingerprint density at radius 2 is 1.67 bits per heavy atom. The first kappa shape index (κ1) is 12.4. The van der Waals surface area contributed by atoms with E-state index in [4.69, 9.17) is 0 Å². The van der Waals surface area contributed by atoms with Gasteiger partial charge in [-0.05, 0) is 23.3 Å². The summed E-state index contributed by atoms with van der Waals surface area (Å²) >= 11 is 0. The van der Waals surface area contributed by atoms with Crippen molar-refractivity contribution in [3.8, 4) is 5.75 Å². The van der Waals surface area contributed by atoms with E-state index in [1.54, 1.807) is 12.1 Å². The fourth-order valence-corrected chi connectivity index (χ4v) is 2.06. The van der Waals surface area contributed by atoms with Crippen LogP contribution in [0.4, 0.5) is 0 Å². The minimum absolute atomic E-state index is 0.0256. The molecule has 0 amide bonds. The molecule has 0 aliphatic heterocycles. The first-order chi connectivity index (χ1) is 8.55. The van der Waals surface area contributed by atoms with Crippen molar-refractivity contribution >= 4 is 6.29 Å². The molecule has 0 aromatic heterocycles. The predicted octanol–water partition coefficient (Wildman–Crippen LogP) is 3.53. The molecule has 18 heavy (non-hydrogen) atoms. The van der Waals surface area contributed by atoms with Crippen LogP contribution in [0, 0.1) is 0 Å². The van der Waals surface area contributed by atoms with Gasteiger partial charge in [-0.15, -0.1) is 0 Å². The van der Waals surface area contributed by atoms with Crippen LogP contribution < -0.4 is 0 Å². The quantitative estimate of drug-likeness (QED) is 0.833. The minimum atomic E-state index is -0.202. The van der Waals surface area contributed by atoms with Crippen molar-refractivity contribution in [2.45, 2.75) is 19.3 Å². The van der Waals surface area contributed by atoms with Gasteiger partial charge in [0, 0.05) is 5.41 Å².